The van der Waals surface area contributed by atoms with Crippen LogP contribution in [0.15, 0.2) is 18.2 Å². The van der Waals surface area contributed by atoms with Crippen molar-refractivity contribution in [3.8, 4) is 5.75 Å². The molecule has 0 spiro atoms. The van der Waals surface area contributed by atoms with E-state index in [0.29, 0.717) is 5.75 Å². The first-order valence-corrected chi connectivity index (χ1v) is 7.59. The molecule has 1 aromatic carbocycles. The van der Waals surface area contributed by atoms with Crippen molar-refractivity contribution in [2.24, 2.45) is 0 Å². The summed E-state index contributed by atoms with van der Waals surface area (Å²) in [6, 6.07) is 5.38. The van der Waals surface area contributed by atoms with E-state index in [0.717, 1.165) is 18.4 Å². The summed E-state index contributed by atoms with van der Waals surface area (Å²) in [7, 11) is 1.51. The molecule has 0 bridgehead atoms. The molecule has 0 aliphatic carbocycles. The highest BCUT2D eigenvalue weighted by Gasteiger charge is 2.10. The number of unbranched alkanes of at least 4 members (excludes halogenated alkanes) is 6. The molecule has 3 nitrogen and oxygen atoms in total. The second-order valence-electron chi connectivity index (χ2n) is 5.21. The van der Waals surface area contributed by atoms with Crippen molar-refractivity contribution in [1.82, 2.24) is 0 Å². The van der Waals surface area contributed by atoms with Gasteiger partial charge < -0.3 is 9.84 Å². The summed E-state index contributed by atoms with van der Waals surface area (Å²) in [5.74, 6) is -0.484. The minimum atomic E-state index is -0.940. The number of rotatable bonds is 10. The van der Waals surface area contributed by atoms with Gasteiger partial charge in [0, 0.05) is 0 Å². The molecule has 0 unspecified atom stereocenters. The smallest absolute Gasteiger partial charge is 0.339 e. The first-order valence-electron chi connectivity index (χ1n) is 7.59. The molecular weight excluding hydrogens is 252 g/mol. The third kappa shape index (κ3) is 5.64. The monoisotopic (exact) mass is 278 g/mol. The summed E-state index contributed by atoms with van der Waals surface area (Å²) in [6.45, 7) is 2.23. The molecule has 112 valence electrons. The summed E-state index contributed by atoms with van der Waals surface area (Å²) in [6.07, 6.45) is 9.99. The molecule has 0 aliphatic heterocycles. The molecule has 1 aromatic rings. The second-order valence-corrected chi connectivity index (χ2v) is 5.21. The van der Waals surface area contributed by atoms with Gasteiger partial charge in [0.2, 0.25) is 0 Å². The molecular formula is C17H26O3. The predicted molar refractivity (Wildman–Crippen MR) is 81.7 cm³/mol. The first-order chi connectivity index (χ1) is 9.69. The fraction of sp³-hybridized carbons (Fsp3) is 0.588. The number of aromatic carboxylic acids is 1. The zero-order chi connectivity index (χ0) is 14.8. The summed E-state index contributed by atoms with van der Waals surface area (Å²) in [5.41, 5.74) is 1.39. The number of carboxylic acids is 1. The standard InChI is InChI=1S/C17H26O3/c1-3-4-5-6-7-8-9-10-14-11-12-15(17(18)19)16(13-14)20-2/h11-13H,3-10H2,1-2H3,(H,18,19). The number of ether oxygens (including phenoxy) is 1. The zero-order valence-corrected chi connectivity index (χ0v) is 12.7. The number of aryl methyl sites for hydroxylation is 1. The molecule has 0 radical (unpaired) electrons. The average Bonchev–Trinajstić information content (AvgIpc) is 2.45. The van der Waals surface area contributed by atoms with Gasteiger partial charge in [0.1, 0.15) is 11.3 Å². The molecule has 1 N–H and O–H groups in total. The van der Waals surface area contributed by atoms with Crippen LogP contribution in [0.4, 0.5) is 0 Å². The van der Waals surface area contributed by atoms with Gasteiger partial charge in [0.15, 0.2) is 0 Å². The topological polar surface area (TPSA) is 46.5 Å². The van der Waals surface area contributed by atoms with E-state index in [1.807, 2.05) is 12.1 Å². The maximum atomic E-state index is 11.0. The maximum absolute atomic E-state index is 11.0. The molecule has 0 amide bonds. The minimum Gasteiger partial charge on any atom is -0.496 e. The summed E-state index contributed by atoms with van der Waals surface area (Å²) in [4.78, 5) is 11.0. The van der Waals surface area contributed by atoms with Gasteiger partial charge in [0.05, 0.1) is 7.11 Å². The van der Waals surface area contributed by atoms with Crippen LogP contribution in [0.25, 0.3) is 0 Å². The average molecular weight is 278 g/mol. The summed E-state index contributed by atoms with van der Waals surface area (Å²) in [5, 5.41) is 9.02. The van der Waals surface area contributed by atoms with Gasteiger partial charge in [0.25, 0.3) is 0 Å². The maximum Gasteiger partial charge on any atom is 0.339 e. The lowest BCUT2D eigenvalue weighted by Gasteiger charge is -2.08. The van der Waals surface area contributed by atoms with E-state index in [9.17, 15) is 4.79 Å². The highest BCUT2D eigenvalue weighted by atomic mass is 16.5. The van der Waals surface area contributed by atoms with E-state index >= 15 is 0 Å². The van der Waals surface area contributed by atoms with Crippen molar-refractivity contribution in [3.63, 3.8) is 0 Å². The van der Waals surface area contributed by atoms with Crippen LogP contribution in [0.3, 0.4) is 0 Å². The van der Waals surface area contributed by atoms with Crippen molar-refractivity contribution in [3.05, 3.63) is 29.3 Å². The van der Waals surface area contributed by atoms with E-state index < -0.39 is 5.97 Å². The molecule has 20 heavy (non-hydrogen) atoms. The number of methoxy groups -OCH3 is 1. The van der Waals surface area contributed by atoms with Crippen molar-refractivity contribution in [2.45, 2.75) is 58.3 Å². The second kappa shape index (κ2) is 9.40. The minimum absolute atomic E-state index is 0.232. The molecule has 0 aromatic heterocycles. The van der Waals surface area contributed by atoms with Gasteiger partial charge in [-0.2, -0.15) is 0 Å². The normalized spacial score (nSPS) is 10.5. The Bertz CT molecular complexity index is 413. The summed E-state index contributed by atoms with van der Waals surface area (Å²) >= 11 is 0. The molecule has 0 saturated heterocycles. The largest absolute Gasteiger partial charge is 0.496 e. The summed E-state index contributed by atoms with van der Waals surface area (Å²) < 4.78 is 5.14. The molecule has 0 heterocycles. The van der Waals surface area contributed by atoms with Gasteiger partial charge in [-0.25, -0.2) is 4.79 Å². The van der Waals surface area contributed by atoms with Crippen LogP contribution in [-0.2, 0) is 6.42 Å². The van der Waals surface area contributed by atoms with Crippen molar-refractivity contribution in [2.75, 3.05) is 7.11 Å². The van der Waals surface area contributed by atoms with Gasteiger partial charge in [-0.15, -0.1) is 0 Å². The van der Waals surface area contributed by atoms with Crippen molar-refractivity contribution in [1.29, 1.82) is 0 Å². The highest BCUT2D eigenvalue weighted by molar-refractivity contribution is 5.90. The van der Waals surface area contributed by atoms with Crippen LogP contribution in [0.2, 0.25) is 0 Å². The van der Waals surface area contributed by atoms with Crippen molar-refractivity contribution >= 4 is 5.97 Å². The highest BCUT2D eigenvalue weighted by Crippen LogP contribution is 2.21. The Balaban J connectivity index is 2.35. The fourth-order valence-electron chi connectivity index (χ4n) is 2.35. The Hall–Kier alpha value is -1.51. The lowest BCUT2D eigenvalue weighted by molar-refractivity contribution is 0.0693. The first kappa shape index (κ1) is 16.5. The quantitative estimate of drug-likeness (QED) is 0.632. The Morgan fingerprint density at radius 2 is 1.75 bits per heavy atom. The lowest BCUT2D eigenvalue weighted by Crippen LogP contribution is -2.01. The number of hydrogen-bond donors (Lipinski definition) is 1. The van der Waals surface area contributed by atoms with Gasteiger partial charge in [-0.1, -0.05) is 51.5 Å². The van der Waals surface area contributed by atoms with Crippen LogP contribution >= 0.6 is 0 Å². The van der Waals surface area contributed by atoms with Crippen LogP contribution in [0.5, 0.6) is 5.75 Å². The number of carboxylic acid groups (broad SMARTS) is 1. The van der Waals surface area contributed by atoms with Crippen LogP contribution in [0.1, 0.15) is 67.8 Å². The van der Waals surface area contributed by atoms with Crippen molar-refractivity contribution < 1.29 is 14.6 Å². The number of benzene rings is 1. The number of hydrogen-bond acceptors (Lipinski definition) is 2. The van der Waals surface area contributed by atoms with Gasteiger partial charge in [-0.3, -0.25) is 0 Å². The van der Waals surface area contributed by atoms with E-state index in [1.54, 1.807) is 6.07 Å². The van der Waals surface area contributed by atoms with Crippen LogP contribution < -0.4 is 4.74 Å². The van der Waals surface area contributed by atoms with Gasteiger partial charge >= 0.3 is 5.97 Å². The lowest BCUT2D eigenvalue weighted by atomic mass is 10.0. The molecule has 3 heteroatoms. The Labute approximate surface area is 122 Å². The van der Waals surface area contributed by atoms with E-state index in [4.69, 9.17) is 9.84 Å². The Morgan fingerprint density at radius 3 is 2.35 bits per heavy atom. The van der Waals surface area contributed by atoms with E-state index in [1.165, 1.54) is 45.6 Å². The zero-order valence-electron chi connectivity index (χ0n) is 12.7. The van der Waals surface area contributed by atoms with E-state index in [2.05, 4.69) is 6.92 Å². The van der Waals surface area contributed by atoms with Gasteiger partial charge in [-0.05, 0) is 30.5 Å². The number of carbonyl (C=O) groups is 1. The molecule has 1 rings (SSSR count). The van der Waals surface area contributed by atoms with Crippen LogP contribution in [0, 0.1) is 0 Å². The van der Waals surface area contributed by atoms with Crippen LogP contribution in [-0.4, -0.2) is 18.2 Å². The molecule has 0 saturated carbocycles. The molecule has 0 fully saturated rings. The Kier molecular flexibility index (Phi) is 7.78. The third-order valence-corrected chi connectivity index (χ3v) is 3.57. The molecule has 0 aliphatic rings. The third-order valence-electron chi connectivity index (χ3n) is 3.57. The predicted octanol–water partition coefficient (Wildman–Crippen LogP) is 4.69. The fourth-order valence-corrected chi connectivity index (χ4v) is 2.35. The SMILES string of the molecule is CCCCCCCCCc1ccc(C(=O)O)c(OC)c1. The molecule has 0 atom stereocenters. The van der Waals surface area contributed by atoms with E-state index in [-0.39, 0.29) is 5.56 Å². The Morgan fingerprint density at radius 1 is 1.10 bits per heavy atom.